The van der Waals surface area contributed by atoms with Gasteiger partial charge in [0.25, 0.3) is 0 Å². The highest BCUT2D eigenvalue weighted by molar-refractivity contribution is 9.10. The van der Waals surface area contributed by atoms with E-state index in [0.717, 1.165) is 38.2 Å². The number of halogens is 1. The molecule has 0 heterocycles. The molecule has 33 heavy (non-hydrogen) atoms. The van der Waals surface area contributed by atoms with E-state index in [1.165, 1.54) is 0 Å². The molecule has 0 spiro atoms. The van der Waals surface area contributed by atoms with Gasteiger partial charge in [-0.25, -0.2) is 0 Å². The van der Waals surface area contributed by atoms with Gasteiger partial charge in [-0.1, -0.05) is 101 Å². The van der Waals surface area contributed by atoms with Crippen molar-refractivity contribution in [2.75, 3.05) is 0 Å². The summed E-state index contributed by atoms with van der Waals surface area (Å²) in [5.74, 6) is 2.94. The molecule has 0 bridgehead atoms. The lowest BCUT2D eigenvalue weighted by Gasteiger charge is -2.12. The molecule has 0 saturated heterocycles. The minimum Gasteiger partial charge on any atom is -0.457 e. The summed E-state index contributed by atoms with van der Waals surface area (Å²) in [7, 11) is 0. The minimum atomic E-state index is 0.698. The Morgan fingerprint density at radius 3 is 1.24 bits per heavy atom. The SMILES string of the molecule is Brc1cc(Oc2cccc(-c3ccccc3)c2)cc(Oc2cccc(-c3ccccc3)c2)c1. The summed E-state index contributed by atoms with van der Waals surface area (Å²) in [6.07, 6.45) is 0. The summed E-state index contributed by atoms with van der Waals surface area (Å²) >= 11 is 3.58. The van der Waals surface area contributed by atoms with Crippen LogP contribution < -0.4 is 9.47 Å². The van der Waals surface area contributed by atoms with Crippen LogP contribution in [0.2, 0.25) is 0 Å². The molecule has 160 valence electrons. The maximum atomic E-state index is 6.18. The monoisotopic (exact) mass is 492 g/mol. The largest absolute Gasteiger partial charge is 0.457 e. The highest BCUT2D eigenvalue weighted by atomic mass is 79.9. The smallest absolute Gasteiger partial charge is 0.132 e. The number of hydrogen-bond donors (Lipinski definition) is 0. The molecule has 0 aliphatic heterocycles. The zero-order chi connectivity index (χ0) is 22.5. The molecule has 3 heteroatoms. The molecule has 0 saturated carbocycles. The zero-order valence-corrected chi connectivity index (χ0v) is 19.4. The van der Waals surface area contributed by atoms with E-state index in [0.29, 0.717) is 11.5 Å². The predicted octanol–water partition coefficient (Wildman–Crippen LogP) is 9.37. The van der Waals surface area contributed by atoms with Crippen LogP contribution in [0, 0.1) is 0 Å². The average Bonchev–Trinajstić information content (AvgIpc) is 2.85. The first-order valence-corrected chi connectivity index (χ1v) is 11.5. The van der Waals surface area contributed by atoms with E-state index in [4.69, 9.17) is 9.47 Å². The summed E-state index contributed by atoms with van der Waals surface area (Å²) in [6, 6.07) is 42.5. The van der Waals surface area contributed by atoms with Crippen LogP contribution in [0.5, 0.6) is 23.0 Å². The molecule has 0 aliphatic rings. The Kier molecular flexibility index (Phi) is 6.23. The lowest BCUT2D eigenvalue weighted by Crippen LogP contribution is -1.89. The first-order valence-electron chi connectivity index (χ1n) is 10.7. The summed E-state index contributed by atoms with van der Waals surface area (Å²) in [4.78, 5) is 0. The van der Waals surface area contributed by atoms with Crippen molar-refractivity contribution in [2.24, 2.45) is 0 Å². The fourth-order valence-corrected chi connectivity index (χ4v) is 4.12. The van der Waals surface area contributed by atoms with Crippen LogP contribution in [-0.2, 0) is 0 Å². The Hall–Kier alpha value is -3.82. The molecule has 0 aliphatic carbocycles. The Bertz CT molecular complexity index is 1260. The summed E-state index contributed by atoms with van der Waals surface area (Å²) in [5.41, 5.74) is 4.52. The summed E-state index contributed by atoms with van der Waals surface area (Å²) in [5, 5.41) is 0. The minimum absolute atomic E-state index is 0.698. The Morgan fingerprint density at radius 1 is 0.364 bits per heavy atom. The average molecular weight is 493 g/mol. The summed E-state index contributed by atoms with van der Waals surface area (Å²) in [6.45, 7) is 0. The van der Waals surface area contributed by atoms with Crippen molar-refractivity contribution in [1.82, 2.24) is 0 Å². The fraction of sp³-hybridized carbons (Fsp3) is 0. The Balaban J connectivity index is 1.37. The number of ether oxygens (including phenoxy) is 2. The van der Waals surface area contributed by atoms with Crippen LogP contribution in [0.15, 0.2) is 132 Å². The summed E-state index contributed by atoms with van der Waals surface area (Å²) < 4.78 is 13.2. The van der Waals surface area contributed by atoms with Crippen LogP contribution >= 0.6 is 15.9 Å². The molecule has 5 aromatic rings. The predicted molar refractivity (Wildman–Crippen MR) is 138 cm³/mol. The Labute approximate surface area is 202 Å². The van der Waals surface area contributed by atoms with Gasteiger partial charge in [0.2, 0.25) is 0 Å². The third-order valence-electron chi connectivity index (χ3n) is 5.20. The van der Waals surface area contributed by atoms with Gasteiger partial charge in [0, 0.05) is 10.5 Å². The van der Waals surface area contributed by atoms with E-state index in [1.54, 1.807) is 0 Å². The quantitative estimate of drug-likeness (QED) is 0.235. The van der Waals surface area contributed by atoms with Crippen molar-refractivity contribution in [2.45, 2.75) is 0 Å². The molecule has 0 atom stereocenters. The lowest BCUT2D eigenvalue weighted by molar-refractivity contribution is 0.460. The highest BCUT2D eigenvalue weighted by Gasteiger charge is 2.07. The molecule has 0 aromatic heterocycles. The fourth-order valence-electron chi connectivity index (χ4n) is 3.67. The normalized spacial score (nSPS) is 10.6. The van der Waals surface area contributed by atoms with Crippen molar-refractivity contribution < 1.29 is 9.47 Å². The van der Waals surface area contributed by atoms with E-state index in [9.17, 15) is 0 Å². The molecule has 0 unspecified atom stereocenters. The van der Waals surface area contributed by atoms with Gasteiger partial charge in [0.15, 0.2) is 0 Å². The second-order valence-electron chi connectivity index (χ2n) is 7.61. The molecular weight excluding hydrogens is 472 g/mol. The van der Waals surface area contributed by atoms with Gasteiger partial charge >= 0.3 is 0 Å². The van der Waals surface area contributed by atoms with Gasteiger partial charge in [0.05, 0.1) is 0 Å². The second-order valence-corrected chi connectivity index (χ2v) is 8.53. The zero-order valence-electron chi connectivity index (χ0n) is 17.8. The molecule has 5 aromatic carbocycles. The molecular formula is C30H21BrO2. The topological polar surface area (TPSA) is 18.5 Å². The first-order chi connectivity index (χ1) is 16.2. The molecule has 5 rings (SSSR count). The van der Waals surface area contributed by atoms with E-state index >= 15 is 0 Å². The molecule has 2 nitrogen and oxygen atoms in total. The van der Waals surface area contributed by atoms with E-state index in [1.807, 2.05) is 91.0 Å². The van der Waals surface area contributed by atoms with Crippen molar-refractivity contribution in [1.29, 1.82) is 0 Å². The van der Waals surface area contributed by atoms with Crippen LogP contribution in [0.4, 0.5) is 0 Å². The van der Waals surface area contributed by atoms with Crippen LogP contribution in [0.1, 0.15) is 0 Å². The lowest BCUT2D eigenvalue weighted by atomic mass is 10.1. The van der Waals surface area contributed by atoms with Gasteiger partial charge < -0.3 is 9.47 Å². The standard InChI is InChI=1S/C30H21BrO2/c31-26-19-29(32-27-15-7-13-24(17-27)22-9-3-1-4-10-22)21-30(20-26)33-28-16-8-14-25(18-28)23-11-5-2-6-12-23/h1-21H. The van der Waals surface area contributed by atoms with Gasteiger partial charge in [-0.3, -0.25) is 0 Å². The van der Waals surface area contributed by atoms with Crippen LogP contribution in [-0.4, -0.2) is 0 Å². The third-order valence-corrected chi connectivity index (χ3v) is 5.66. The van der Waals surface area contributed by atoms with E-state index < -0.39 is 0 Å². The van der Waals surface area contributed by atoms with Gasteiger partial charge in [-0.2, -0.15) is 0 Å². The number of hydrogen-bond acceptors (Lipinski definition) is 2. The molecule has 0 fully saturated rings. The van der Waals surface area contributed by atoms with Gasteiger partial charge in [-0.05, 0) is 58.7 Å². The van der Waals surface area contributed by atoms with Gasteiger partial charge in [-0.15, -0.1) is 0 Å². The van der Waals surface area contributed by atoms with Crippen molar-refractivity contribution in [3.63, 3.8) is 0 Å². The first kappa shape index (κ1) is 21.0. The number of benzene rings is 5. The third kappa shape index (κ3) is 5.33. The molecule has 0 N–H and O–H groups in total. The highest BCUT2D eigenvalue weighted by Crippen LogP contribution is 2.34. The van der Waals surface area contributed by atoms with Crippen LogP contribution in [0.3, 0.4) is 0 Å². The second kappa shape index (κ2) is 9.76. The van der Waals surface area contributed by atoms with Crippen LogP contribution in [0.25, 0.3) is 22.3 Å². The maximum Gasteiger partial charge on any atom is 0.132 e. The van der Waals surface area contributed by atoms with E-state index in [2.05, 4.69) is 52.3 Å². The molecule has 0 amide bonds. The van der Waals surface area contributed by atoms with Gasteiger partial charge in [0.1, 0.15) is 23.0 Å². The van der Waals surface area contributed by atoms with Crippen molar-refractivity contribution in [3.05, 3.63) is 132 Å². The van der Waals surface area contributed by atoms with Crippen molar-refractivity contribution in [3.8, 4) is 45.3 Å². The molecule has 0 radical (unpaired) electrons. The maximum absolute atomic E-state index is 6.18. The Morgan fingerprint density at radius 2 is 0.788 bits per heavy atom. The number of rotatable bonds is 6. The van der Waals surface area contributed by atoms with E-state index in [-0.39, 0.29) is 0 Å². The van der Waals surface area contributed by atoms with Crippen molar-refractivity contribution >= 4 is 15.9 Å².